The molecule has 0 spiro atoms. The summed E-state index contributed by atoms with van der Waals surface area (Å²) in [7, 11) is 1.93. The van der Waals surface area contributed by atoms with E-state index in [1.807, 2.05) is 19.2 Å². The maximum absolute atomic E-state index is 14.2. The van der Waals surface area contributed by atoms with E-state index in [9.17, 15) is 4.39 Å². The Morgan fingerprint density at radius 3 is 2.89 bits per heavy atom. The van der Waals surface area contributed by atoms with E-state index in [0.717, 1.165) is 11.6 Å². The van der Waals surface area contributed by atoms with Crippen LogP contribution in [0.2, 0.25) is 0 Å². The molecule has 100 valence electrons. The number of hydrogen-bond donors (Lipinski definition) is 1. The average molecular weight is 276 g/mol. The first-order chi connectivity index (χ1) is 9.20. The van der Waals surface area contributed by atoms with E-state index in [4.69, 9.17) is 4.98 Å². The Hall–Kier alpha value is -1.26. The highest BCUT2D eigenvalue weighted by molar-refractivity contribution is 7.15. The summed E-state index contributed by atoms with van der Waals surface area (Å²) in [4.78, 5) is 5.95. The van der Waals surface area contributed by atoms with Crippen LogP contribution in [0.1, 0.15) is 34.9 Å². The zero-order chi connectivity index (χ0) is 13.4. The Labute approximate surface area is 116 Å². The van der Waals surface area contributed by atoms with Crippen molar-refractivity contribution in [2.75, 3.05) is 7.05 Å². The SMILES string of the molecule is CNCc1sc(-c2cccc(C)c2F)nc1C1CC1. The van der Waals surface area contributed by atoms with Crippen LogP contribution in [0.4, 0.5) is 4.39 Å². The lowest BCUT2D eigenvalue weighted by molar-refractivity contribution is 0.622. The highest BCUT2D eigenvalue weighted by Crippen LogP contribution is 2.44. The van der Waals surface area contributed by atoms with Crippen molar-refractivity contribution >= 4 is 11.3 Å². The number of nitrogens with zero attached hydrogens (tertiary/aromatic N) is 1. The minimum Gasteiger partial charge on any atom is -0.315 e. The first kappa shape index (κ1) is 12.8. The number of aromatic nitrogens is 1. The molecule has 1 aromatic heterocycles. The highest BCUT2D eigenvalue weighted by atomic mass is 32.1. The molecule has 4 heteroatoms. The van der Waals surface area contributed by atoms with Crippen molar-refractivity contribution < 1.29 is 4.39 Å². The summed E-state index contributed by atoms with van der Waals surface area (Å²) in [6, 6.07) is 5.51. The monoisotopic (exact) mass is 276 g/mol. The number of benzene rings is 1. The van der Waals surface area contributed by atoms with Gasteiger partial charge in [-0.3, -0.25) is 0 Å². The Morgan fingerprint density at radius 1 is 1.42 bits per heavy atom. The topological polar surface area (TPSA) is 24.9 Å². The summed E-state index contributed by atoms with van der Waals surface area (Å²) in [5.74, 6) is 0.454. The molecule has 19 heavy (non-hydrogen) atoms. The van der Waals surface area contributed by atoms with Crippen LogP contribution in [0.25, 0.3) is 10.6 Å². The second-order valence-corrected chi connectivity index (χ2v) is 6.15. The maximum Gasteiger partial charge on any atom is 0.136 e. The third kappa shape index (κ3) is 2.42. The minimum absolute atomic E-state index is 0.144. The molecule has 1 aliphatic carbocycles. The van der Waals surface area contributed by atoms with E-state index < -0.39 is 0 Å². The number of rotatable bonds is 4. The molecular weight excluding hydrogens is 259 g/mol. The Bertz CT molecular complexity index is 602. The minimum atomic E-state index is -0.144. The molecule has 0 aliphatic heterocycles. The summed E-state index contributed by atoms with van der Waals surface area (Å²) < 4.78 is 14.2. The quantitative estimate of drug-likeness (QED) is 0.917. The second kappa shape index (κ2) is 5.02. The number of halogens is 1. The molecule has 2 aromatic rings. The molecule has 1 fully saturated rings. The molecule has 0 amide bonds. The zero-order valence-corrected chi connectivity index (χ0v) is 12.0. The first-order valence-corrected chi connectivity index (χ1v) is 7.42. The fourth-order valence-electron chi connectivity index (χ4n) is 2.25. The standard InChI is InChI=1S/C15H17FN2S/c1-9-4-3-5-11(13(9)16)15-18-14(10-6-7-10)12(19-15)8-17-2/h3-5,10,17H,6-8H2,1-2H3. The van der Waals surface area contributed by atoms with E-state index in [0.29, 0.717) is 17.0 Å². The smallest absolute Gasteiger partial charge is 0.136 e. The number of nitrogens with one attached hydrogen (secondary N) is 1. The van der Waals surface area contributed by atoms with Gasteiger partial charge in [-0.25, -0.2) is 9.37 Å². The third-order valence-corrected chi connectivity index (χ3v) is 4.56. The van der Waals surface area contributed by atoms with E-state index in [2.05, 4.69) is 5.32 Å². The summed E-state index contributed by atoms with van der Waals surface area (Å²) in [6.07, 6.45) is 2.44. The molecule has 1 heterocycles. The van der Waals surface area contributed by atoms with Gasteiger partial charge in [0.25, 0.3) is 0 Å². The van der Waals surface area contributed by atoms with Gasteiger partial charge in [-0.05, 0) is 38.4 Å². The fraction of sp³-hybridized carbons (Fsp3) is 0.400. The summed E-state index contributed by atoms with van der Waals surface area (Å²) >= 11 is 1.61. The van der Waals surface area contributed by atoms with Gasteiger partial charge in [0, 0.05) is 22.9 Å². The lowest BCUT2D eigenvalue weighted by Crippen LogP contribution is -2.05. The van der Waals surface area contributed by atoms with Crippen molar-refractivity contribution in [2.45, 2.75) is 32.2 Å². The average Bonchev–Trinajstić information content (AvgIpc) is 3.15. The largest absolute Gasteiger partial charge is 0.315 e. The van der Waals surface area contributed by atoms with Crippen molar-refractivity contribution in [3.63, 3.8) is 0 Å². The van der Waals surface area contributed by atoms with Gasteiger partial charge in [0.15, 0.2) is 0 Å². The van der Waals surface area contributed by atoms with Crippen molar-refractivity contribution in [3.8, 4) is 10.6 Å². The molecule has 0 unspecified atom stereocenters. The molecule has 1 N–H and O–H groups in total. The van der Waals surface area contributed by atoms with Crippen LogP contribution in [0.5, 0.6) is 0 Å². The number of hydrogen-bond acceptors (Lipinski definition) is 3. The van der Waals surface area contributed by atoms with Gasteiger partial charge >= 0.3 is 0 Å². The summed E-state index contributed by atoms with van der Waals surface area (Å²) in [5, 5.41) is 3.99. The first-order valence-electron chi connectivity index (χ1n) is 6.60. The van der Waals surface area contributed by atoms with E-state index in [1.165, 1.54) is 23.4 Å². The van der Waals surface area contributed by atoms with Gasteiger partial charge < -0.3 is 5.32 Å². The van der Waals surface area contributed by atoms with Gasteiger partial charge in [-0.15, -0.1) is 11.3 Å². The normalized spacial score (nSPS) is 14.9. The lowest BCUT2D eigenvalue weighted by atomic mass is 10.1. The Balaban J connectivity index is 2.05. The van der Waals surface area contributed by atoms with Crippen molar-refractivity contribution in [3.05, 3.63) is 40.2 Å². The van der Waals surface area contributed by atoms with Gasteiger partial charge in [0.1, 0.15) is 10.8 Å². The fourth-order valence-corrected chi connectivity index (χ4v) is 3.43. The van der Waals surface area contributed by atoms with Crippen LogP contribution in [0.15, 0.2) is 18.2 Å². The van der Waals surface area contributed by atoms with E-state index >= 15 is 0 Å². The van der Waals surface area contributed by atoms with Crippen molar-refractivity contribution in [1.29, 1.82) is 0 Å². The molecule has 2 nitrogen and oxygen atoms in total. The van der Waals surface area contributed by atoms with Crippen molar-refractivity contribution in [1.82, 2.24) is 10.3 Å². The number of aryl methyl sites for hydroxylation is 1. The Morgan fingerprint density at radius 2 is 2.21 bits per heavy atom. The molecule has 1 saturated carbocycles. The molecular formula is C15H17FN2S. The highest BCUT2D eigenvalue weighted by Gasteiger charge is 2.30. The van der Waals surface area contributed by atoms with Gasteiger partial charge in [0.2, 0.25) is 0 Å². The van der Waals surface area contributed by atoms with Crippen molar-refractivity contribution in [2.24, 2.45) is 0 Å². The Kier molecular flexibility index (Phi) is 3.37. The van der Waals surface area contributed by atoms with Gasteiger partial charge in [-0.2, -0.15) is 0 Å². The predicted octanol–water partition coefficient (Wildman–Crippen LogP) is 3.85. The van der Waals surface area contributed by atoms with Crippen LogP contribution >= 0.6 is 11.3 Å². The third-order valence-electron chi connectivity index (χ3n) is 3.45. The molecule has 0 atom stereocenters. The van der Waals surface area contributed by atoms with Crippen LogP contribution in [-0.4, -0.2) is 12.0 Å². The van der Waals surface area contributed by atoms with Crippen LogP contribution in [0, 0.1) is 12.7 Å². The maximum atomic E-state index is 14.2. The summed E-state index contributed by atoms with van der Waals surface area (Å²) in [6.45, 7) is 2.61. The second-order valence-electron chi connectivity index (χ2n) is 5.07. The zero-order valence-electron chi connectivity index (χ0n) is 11.2. The number of thiazole rings is 1. The van der Waals surface area contributed by atoms with Gasteiger partial charge in [-0.1, -0.05) is 12.1 Å². The van der Waals surface area contributed by atoms with E-state index in [-0.39, 0.29) is 5.82 Å². The molecule has 0 radical (unpaired) electrons. The predicted molar refractivity (Wildman–Crippen MR) is 77.0 cm³/mol. The van der Waals surface area contributed by atoms with Crippen LogP contribution in [-0.2, 0) is 6.54 Å². The molecule has 1 aliphatic rings. The molecule has 3 rings (SSSR count). The van der Waals surface area contributed by atoms with Crippen LogP contribution < -0.4 is 5.32 Å². The lowest BCUT2D eigenvalue weighted by Gasteiger charge is -2.01. The van der Waals surface area contributed by atoms with E-state index in [1.54, 1.807) is 24.3 Å². The van der Waals surface area contributed by atoms with Crippen LogP contribution in [0.3, 0.4) is 0 Å². The molecule has 1 aromatic carbocycles. The molecule has 0 bridgehead atoms. The summed E-state index contributed by atoms with van der Waals surface area (Å²) in [5.41, 5.74) is 2.49. The molecule has 0 saturated heterocycles. The van der Waals surface area contributed by atoms with Gasteiger partial charge in [0.05, 0.1) is 5.69 Å².